The summed E-state index contributed by atoms with van der Waals surface area (Å²) >= 11 is 0. The molecule has 0 saturated heterocycles. The summed E-state index contributed by atoms with van der Waals surface area (Å²) in [6, 6.07) is 1.94. The van der Waals surface area contributed by atoms with Gasteiger partial charge in [-0.15, -0.1) is 0 Å². The van der Waals surface area contributed by atoms with Crippen molar-refractivity contribution in [2.75, 3.05) is 0 Å². The first kappa shape index (κ1) is 29.8. The van der Waals surface area contributed by atoms with Gasteiger partial charge in [0.1, 0.15) is 6.33 Å². The third-order valence-electron chi connectivity index (χ3n) is 0.941. The molecule has 0 unspecified atom stereocenters. The fourth-order valence-corrected chi connectivity index (χ4v) is 0.588. The third-order valence-corrected chi connectivity index (χ3v) is 0.941. The van der Waals surface area contributed by atoms with Crippen LogP contribution in [-0.2, 0) is 0 Å². The average molecular weight is 239 g/mol. The fourth-order valence-electron chi connectivity index (χ4n) is 0.588. The first-order chi connectivity index (χ1) is 7.79. The quantitative estimate of drug-likeness (QED) is 0.607. The van der Waals surface area contributed by atoms with Crippen LogP contribution in [0.2, 0.25) is 0 Å². The van der Waals surface area contributed by atoms with Crippen molar-refractivity contribution in [3.63, 3.8) is 0 Å². The molecule has 0 atom stereocenters. The number of aromatic nitrogens is 2. The maximum absolute atomic E-state index is 3.93. The van der Waals surface area contributed by atoms with Crippen LogP contribution in [-0.4, -0.2) is 18.4 Å². The molecule has 1 rings (SSSR count). The Morgan fingerprint density at radius 2 is 0.882 bits per heavy atom. The highest BCUT2D eigenvalue weighted by atomic mass is 14.8. The van der Waals surface area contributed by atoms with Gasteiger partial charge < -0.3 is 0 Å². The lowest BCUT2D eigenvalue weighted by atomic mass is 10.4. The lowest BCUT2D eigenvalue weighted by Crippen LogP contribution is -1.84. The molecule has 2 nitrogen and oxygen atoms in total. The van der Waals surface area contributed by atoms with Crippen molar-refractivity contribution in [1.82, 2.24) is 9.97 Å². The molecule has 1 aromatic heterocycles. The van der Waals surface area contributed by atoms with Crippen molar-refractivity contribution in [2.45, 2.75) is 69.2 Å². The van der Waals surface area contributed by atoms with Crippen molar-refractivity contribution in [3.05, 3.63) is 23.8 Å². The molecule has 0 aliphatic heterocycles. The molecule has 0 aromatic carbocycles. The number of hydrogen-bond donors (Lipinski definition) is 0. The second-order valence-electron chi connectivity index (χ2n) is 1.80. The van der Waals surface area contributed by atoms with E-state index in [2.05, 4.69) is 9.97 Å². The van der Waals surface area contributed by atoms with Gasteiger partial charge in [0.15, 0.2) is 0 Å². The van der Waals surface area contributed by atoms with E-state index in [1.807, 2.05) is 75.3 Å². The van der Waals surface area contributed by atoms with Crippen LogP contribution in [0.1, 0.15) is 66.8 Å². The molecule has 3 heteroatoms. The molecule has 0 N–H and O–H groups in total. The minimum atomic E-state index is 0. The SMILES string of the molecule is CC.CC.CC.CC.Cc1cc(C)ncn1.[B]. The predicted octanol–water partition coefficient (Wildman–Crippen LogP) is 4.82. The van der Waals surface area contributed by atoms with Crippen molar-refractivity contribution in [2.24, 2.45) is 0 Å². The van der Waals surface area contributed by atoms with Crippen molar-refractivity contribution < 1.29 is 0 Å². The van der Waals surface area contributed by atoms with Gasteiger partial charge in [0, 0.05) is 19.8 Å². The van der Waals surface area contributed by atoms with Gasteiger partial charge in [0.2, 0.25) is 0 Å². The normalized spacial score (nSPS) is 5.76. The maximum atomic E-state index is 3.93. The zero-order valence-corrected chi connectivity index (χ0v) is 13.6. The molecular weight excluding hydrogens is 207 g/mol. The highest BCUT2D eigenvalue weighted by molar-refractivity contribution is 5.75. The van der Waals surface area contributed by atoms with Crippen LogP contribution >= 0.6 is 0 Å². The Hall–Kier alpha value is -0.855. The molecule has 1 heterocycles. The van der Waals surface area contributed by atoms with Gasteiger partial charge in [-0.05, 0) is 19.9 Å². The molecule has 17 heavy (non-hydrogen) atoms. The van der Waals surface area contributed by atoms with E-state index in [4.69, 9.17) is 0 Å². The lowest BCUT2D eigenvalue weighted by Gasteiger charge is -1.89. The summed E-state index contributed by atoms with van der Waals surface area (Å²) in [4.78, 5) is 7.86. The van der Waals surface area contributed by atoms with Gasteiger partial charge in [-0.1, -0.05) is 55.4 Å². The van der Waals surface area contributed by atoms with E-state index in [1.54, 1.807) is 6.33 Å². The number of aryl methyl sites for hydroxylation is 2. The zero-order chi connectivity index (χ0) is 14.0. The van der Waals surface area contributed by atoms with Crippen molar-refractivity contribution in [1.29, 1.82) is 0 Å². The summed E-state index contributed by atoms with van der Waals surface area (Å²) in [5.74, 6) is 0. The van der Waals surface area contributed by atoms with Gasteiger partial charge in [-0.25, -0.2) is 9.97 Å². The molecule has 0 spiro atoms. The summed E-state index contributed by atoms with van der Waals surface area (Å²) in [7, 11) is 0. The summed E-state index contributed by atoms with van der Waals surface area (Å²) in [6.07, 6.45) is 1.57. The Bertz CT molecular complexity index is 174. The Balaban J connectivity index is -0.0000000462. The second kappa shape index (κ2) is 36.2. The number of hydrogen-bond acceptors (Lipinski definition) is 2. The molecule has 0 fully saturated rings. The van der Waals surface area contributed by atoms with Gasteiger partial charge >= 0.3 is 0 Å². The van der Waals surface area contributed by atoms with E-state index < -0.39 is 0 Å². The molecule has 0 saturated carbocycles. The van der Waals surface area contributed by atoms with Crippen LogP contribution in [0.4, 0.5) is 0 Å². The zero-order valence-electron chi connectivity index (χ0n) is 13.6. The topological polar surface area (TPSA) is 25.8 Å². The van der Waals surface area contributed by atoms with E-state index in [9.17, 15) is 0 Å². The highest BCUT2D eigenvalue weighted by Crippen LogP contribution is 1.91. The third kappa shape index (κ3) is 31.3. The highest BCUT2D eigenvalue weighted by Gasteiger charge is 1.83. The summed E-state index contributed by atoms with van der Waals surface area (Å²) in [5.41, 5.74) is 2.05. The van der Waals surface area contributed by atoms with E-state index in [0.717, 1.165) is 11.4 Å². The molecule has 0 bridgehead atoms. The molecule has 0 aliphatic rings. The molecular formula is C14H32BN2. The first-order valence-corrected chi connectivity index (χ1v) is 6.54. The Labute approximate surface area is 112 Å². The van der Waals surface area contributed by atoms with Gasteiger partial charge in [0.05, 0.1) is 0 Å². The minimum Gasteiger partial charge on any atom is -0.242 e. The molecule has 1 aromatic rings. The molecule has 0 aliphatic carbocycles. The van der Waals surface area contributed by atoms with E-state index in [-0.39, 0.29) is 8.41 Å². The van der Waals surface area contributed by atoms with Gasteiger partial charge in [0.25, 0.3) is 0 Å². The summed E-state index contributed by atoms with van der Waals surface area (Å²) in [5, 5.41) is 0. The van der Waals surface area contributed by atoms with Crippen LogP contribution < -0.4 is 0 Å². The minimum absolute atomic E-state index is 0. The number of rotatable bonds is 0. The smallest absolute Gasteiger partial charge is 0.115 e. The molecule has 101 valence electrons. The van der Waals surface area contributed by atoms with Crippen LogP contribution in [0.15, 0.2) is 12.4 Å². The number of nitrogens with zero attached hydrogens (tertiary/aromatic N) is 2. The van der Waals surface area contributed by atoms with E-state index >= 15 is 0 Å². The van der Waals surface area contributed by atoms with Crippen LogP contribution in [0.3, 0.4) is 0 Å². The molecule has 0 amide bonds. The maximum Gasteiger partial charge on any atom is 0.115 e. The van der Waals surface area contributed by atoms with Gasteiger partial charge in [-0.2, -0.15) is 0 Å². The van der Waals surface area contributed by atoms with Crippen LogP contribution in [0, 0.1) is 13.8 Å². The standard InChI is InChI=1S/C6H8N2.4C2H6.B/c1-5-3-6(2)8-4-7-5;4*1-2;/h3-4H,1-2H3;4*1-2H3;. The summed E-state index contributed by atoms with van der Waals surface area (Å²) < 4.78 is 0. The Kier molecular flexibility index (Phi) is 63.5. The largest absolute Gasteiger partial charge is 0.242 e. The Morgan fingerprint density at radius 3 is 1.00 bits per heavy atom. The fraction of sp³-hybridized carbons (Fsp3) is 0.714. The Morgan fingerprint density at radius 1 is 0.647 bits per heavy atom. The molecule has 3 radical (unpaired) electrons. The predicted molar refractivity (Wildman–Crippen MR) is 82.7 cm³/mol. The lowest BCUT2D eigenvalue weighted by molar-refractivity contribution is 1.05. The van der Waals surface area contributed by atoms with Crippen molar-refractivity contribution in [3.8, 4) is 0 Å². The first-order valence-electron chi connectivity index (χ1n) is 6.54. The monoisotopic (exact) mass is 239 g/mol. The second-order valence-corrected chi connectivity index (χ2v) is 1.80. The van der Waals surface area contributed by atoms with E-state index in [1.165, 1.54) is 0 Å². The summed E-state index contributed by atoms with van der Waals surface area (Å²) in [6.45, 7) is 19.9. The van der Waals surface area contributed by atoms with Crippen LogP contribution in [0.25, 0.3) is 0 Å². The van der Waals surface area contributed by atoms with Crippen LogP contribution in [0.5, 0.6) is 0 Å². The van der Waals surface area contributed by atoms with E-state index in [0.29, 0.717) is 0 Å². The average Bonchev–Trinajstić information content (AvgIpc) is 2.39. The van der Waals surface area contributed by atoms with Gasteiger partial charge in [-0.3, -0.25) is 0 Å². The van der Waals surface area contributed by atoms with Crippen molar-refractivity contribution >= 4 is 8.41 Å².